The van der Waals surface area contributed by atoms with Crippen molar-refractivity contribution >= 4 is 0 Å². The van der Waals surface area contributed by atoms with Crippen molar-refractivity contribution < 1.29 is 13.2 Å². The molecule has 1 fully saturated rings. The highest BCUT2D eigenvalue weighted by molar-refractivity contribution is 5.32. The predicted molar refractivity (Wildman–Crippen MR) is 118 cm³/mol. The Morgan fingerprint density at radius 3 is 2.75 bits per heavy atom. The topological polar surface area (TPSA) is 31.4 Å². The second-order valence-electron chi connectivity index (χ2n) is 9.16. The van der Waals surface area contributed by atoms with Crippen LogP contribution in [-0.2, 0) is 25.6 Å². The fourth-order valence-electron chi connectivity index (χ4n) is 5.34. The average molecular weight is 443 g/mol. The lowest BCUT2D eigenvalue weighted by molar-refractivity contribution is -0.137. The van der Waals surface area contributed by atoms with Gasteiger partial charge in [-0.3, -0.25) is 4.98 Å². The van der Waals surface area contributed by atoms with Crippen LogP contribution in [0.5, 0.6) is 0 Å². The van der Waals surface area contributed by atoms with Crippen LogP contribution in [0.4, 0.5) is 13.2 Å². The van der Waals surface area contributed by atoms with Crippen LogP contribution in [0.1, 0.15) is 53.3 Å². The number of benzene rings is 1. The minimum Gasteiger partial charge on any atom is -0.357 e. The van der Waals surface area contributed by atoms with Crippen molar-refractivity contribution in [3.63, 3.8) is 0 Å². The number of pyridine rings is 1. The van der Waals surface area contributed by atoms with E-state index in [0.29, 0.717) is 30.6 Å². The Morgan fingerprint density at radius 1 is 1.06 bits per heavy atom. The summed E-state index contributed by atoms with van der Waals surface area (Å²) in [6.07, 6.45) is 1.78. The number of hydrogen-bond acceptors (Lipinski definition) is 4. The molecule has 170 valence electrons. The molecule has 1 N–H and O–H groups in total. The maximum Gasteiger partial charge on any atom is 0.417 e. The fraction of sp³-hybridized carbons (Fsp3) is 0.480. The summed E-state index contributed by atoms with van der Waals surface area (Å²) in [6.45, 7) is 7.25. The first-order chi connectivity index (χ1) is 15.4. The predicted octanol–water partition coefficient (Wildman–Crippen LogP) is 4.67. The molecule has 2 aromatic rings. The standard InChI is InChI=1S/C25H29F3N4/c1-17(31-12-10-23-19(15-31)13-20(14-29-23)25(26,27)28)32-11-9-21(16-32)30-24-8-4-6-18-5-2-3-7-22(18)24/h2-3,5,7,13-14,21,24,30H,1,4,6,8-12,15-16H2. The zero-order chi connectivity index (χ0) is 22.3. The van der Waals surface area contributed by atoms with E-state index in [-0.39, 0.29) is 0 Å². The summed E-state index contributed by atoms with van der Waals surface area (Å²) in [5.74, 6) is 0.904. The first-order valence-electron chi connectivity index (χ1n) is 11.5. The maximum absolute atomic E-state index is 13.1. The summed E-state index contributed by atoms with van der Waals surface area (Å²) in [5.41, 5.74) is 3.62. The van der Waals surface area contributed by atoms with Gasteiger partial charge in [0.05, 0.1) is 11.4 Å². The normalized spacial score (nSPS) is 23.1. The summed E-state index contributed by atoms with van der Waals surface area (Å²) in [6, 6.07) is 10.7. The van der Waals surface area contributed by atoms with Crippen LogP contribution < -0.4 is 5.32 Å². The Morgan fingerprint density at radius 2 is 1.91 bits per heavy atom. The van der Waals surface area contributed by atoms with Gasteiger partial charge >= 0.3 is 6.18 Å². The summed E-state index contributed by atoms with van der Waals surface area (Å²) in [7, 11) is 0. The van der Waals surface area contributed by atoms with E-state index in [9.17, 15) is 13.2 Å². The number of rotatable bonds is 4. The van der Waals surface area contributed by atoms with Crippen molar-refractivity contribution in [1.82, 2.24) is 20.1 Å². The van der Waals surface area contributed by atoms with E-state index in [1.165, 1.54) is 23.6 Å². The minimum atomic E-state index is -4.37. The third kappa shape index (κ3) is 4.22. The Bertz CT molecular complexity index is 1000. The van der Waals surface area contributed by atoms with Crippen molar-refractivity contribution in [2.75, 3.05) is 19.6 Å². The molecule has 0 bridgehead atoms. The molecule has 7 heteroatoms. The van der Waals surface area contributed by atoms with Gasteiger partial charge in [0, 0.05) is 56.6 Å². The molecule has 0 radical (unpaired) electrons. The lowest BCUT2D eigenvalue weighted by atomic mass is 9.87. The lowest BCUT2D eigenvalue weighted by Gasteiger charge is -2.36. The molecule has 2 unspecified atom stereocenters. The molecule has 3 heterocycles. The van der Waals surface area contributed by atoms with Crippen LogP contribution in [0.15, 0.2) is 48.9 Å². The van der Waals surface area contributed by atoms with Gasteiger partial charge in [-0.15, -0.1) is 0 Å². The van der Waals surface area contributed by atoms with Gasteiger partial charge in [0.25, 0.3) is 0 Å². The van der Waals surface area contributed by atoms with Crippen molar-refractivity contribution in [2.45, 2.75) is 56.9 Å². The largest absolute Gasteiger partial charge is 0.417 e. The number of fused-ring (bicyclic) bond motifs is 2. The van der Waals surface area contributed by atoms with Gasteiger partial charge in [-0.1, -0.05) is 30.8 Å². The van der Waals surface area contributed by atoms with Gasteiger partial charge in [-0.25, -0.2) is 0 Å². The lowest BCUT2D eigenvalue weighted by Crippen LogP contribution is -2.40. The average Bonchev–Trinajstić information content (AvgIpc) is 3.26. The third-order valence-corrected chi connectivity index (χ3v) is 7.09. The van der Waals surface area contributed by atoms with E-state index in [1.807, 2.05) is 0 Å². The zero-order valence-corrected chi connectivity index (χ0v) is 18.2. The zero-order valence-electron chi connectivity index (χ0n) is 18.2. The number of halogens is 3. The molecule has 1 aromatic heterocycles. The van der Waals surface area contributed by atoms with E-state index in [4.69, 9.17) is 0 Å². The van der Waals surface area contributed by atoms with E-state index >= 15 is 0 Å². The second kappa shape index (κ2) is 8.43. The Kier molecular flexibility index (Phi) is 5.61. The van der Waals surface area contributed by atoms with E-state index in [0.717, 1.165) is 56.6 Å². The number of likely N-dealkylation sites (tertiary alicyclic amines) is 1. The SMILES string of the molecule is C=C(N1CCc2ncc(C(F)(F)F)cc2C1)N1CCC(NC2CCCc3ccccc32)C1. The van der Waals surface area contributed by atoms with Crippen LogP contribution in [0.3, 0.4) is 0 Å². The second-order valence-corrected chi connectivity index (χ2v) is 9.16. The third-order valence-electron chi connectivity index (χ3n) is 7.09. The molecule has 2 aliphatic heterocycles. The van der Waals surface area contributed by atoms with Gasteiger partial charge in [-0.2, -0.15) is 13.2 Å². The molecule has 1 aromatic carbocycles. The van der Waals surface area contributed by atoms with Crippen molar-refractivity contribution in [3.05, 3.63) is 76.9 Å². The van der Waals surface area contributed by atoms with Crippen LogP contribution in [0.25, 0.3) is 0 Å². The Labute approximate surface area is 187 Å². The number of alkyl halides is 3. The Hall–Kier alpha value is -2.54. The number of aryl methyl sites for hydroxylation is 1. The molecule has 3 aliphatic rings. The summed E-state index contributed by atoms with van der Waals surface area (Å²) in [4.78, 5) is 8.45. The monoisotopic (exact) mass is 442 g/mol. The van der Waals surface area contributed by atoms with Gasteiger partial charge in [0.1, 0.15) is 0 Å². The van der Waals surface area contributed by atoms with E-state index in [2.05, 4.69) is 50.9 Å². The minimum absolute atomic E-state index is 0.387. The van der Waals surface area contributed by atoms with Gasteiger partial charge in [0.2, 0.25) is 0 Å². The maximum atomic E-state index is 13.1. The molecular weight excluding hydrogens is 413 g/mol. The molecular formula is C25H29F3N4. The quantitative estimate of drug-likeness (QED) is 0.746. The van der Waals surface area contributed by atoms with Gasteiger partial charge < -0.3 is 15.1 Å². The van der Waals surface area contributed by atoms with Crippen LogP contribution >= 0.6 is 0 Å². The summed E-state index contributed by atoms with van der Waals surface area (Å²) >= 11 is 0. The van der Waals surface area contributed by atoms with Gasteiger partial charge in [-0.05, 0) is 48.4 Å². The summed E-state index contributed by atoms with van der Waals surface area (Å²) < 4.78 is 39.3. The first-order valence-corrected chi connectivity index (χ1v) is 11.5. The van der Waals surface area contributed by atoms with Crippen molar-refractivity contribution in [3.8, 4) is 0 Å². The fourth-order valence-corrected chi connectivity index (χ4v) is 5.34. The molecule has 1 aliphatic carbocycles. The van der Waals surface area contributed by atoms with Gasteiger partial charge in [0.15, 0.2) is 0 Å². The highest BCUT2D eigenvalue weighted by Gasteiger charge is 2.34. The van der Waals surface area contributed by atoms with Crippen molar-refractivity contribution in [1.29, 1.82) is 0 Å². The molecule has 1 saturated heterocycles. The van der Waals surface area contributed by atoms with E-state index < -0.39 is 11.7 Å². The number of aromatic nitrogens is 1. The van der Waals surface area contributed by atoms with Crippen molar-refractivity contribution in [2.24, 2.45) is 0 Å². The molecule has 5 rings (SSSR count). The molecule has 4 nitrogen and oxygen atoms in total. The first kappa shape index (κ1) is 21.3. The van der Waals surface area contributed by atoms with E-state index in [1.54, 1.807) is 0 Å². The highest BCUT2D eigenvalue weighted by Crippen LogP contribution is 2.33. The number of hydrogen-bond donors (Lipinski definition) is 1. The van der Waals surface area contributed by atoms with Crippen LogP contribution in [0.2, 0.25) is 0 Å². The molecule has 0 saturated carbocycles. The van der Waals surface area contributed by atoms with Crippen LogP contribution in [0, 0.1) is 0 Å². The number of nitrogens with one attached hydrogen (secondary N) is 1. The summed E-state index contributed by atoms with van der Waals surface area (Å²) in [5, 5.41) is 3.87. The highest BCUT2D eigenvalue weighted by atomic mass is 19.4. The Balaban J connectivity index is 1.22. The number of nitrogens with zero attached hydrogens (tertiary/aromatic N) is 3. The molecule has 32 heavy (non-hydrogen) atoms. The molecule has 0 spiro atoms. The molecule has 0 amide bonds. The smallest absolute Gasteiger partial charge is 0.357 e. The van der Waals surface area contributed by atoms with Crippen LogP contribution in [-0.4, -0.2) is 40.5 Å². The molecule has 2 atom stereocenters.